The SMILES string of the molecule is CC(C)c1noc(N2CCC(COc3ccc(-c4ccc(S(=O)(=O)NCCN5CCCCC5)cc4)cc3)CC2)n1.O=C(O)C(F)(F)F. The van der Waals surface area contributed by atoms with Crippen LogP contribution in [0.3, 0.4) is 0 Å². The van der Waals surface area contributed by atoms with Crippen molar-refractivity contribution in [2.45, 2.75) is 62.9 Å². The van der Waals surface area contributed by atoms with E-state index in [-0.39, 0.29) is 5.92 Å². The molecule has 2 aliphatic heterocycles. The predicted molar refractivity (Wildman–Crippen MR) is 170 cm³/mol. The number of carboxylic acid groups (broad SMARTS) is 1. The summed E-state index contributed by atoms with van der Waals surface area (Å²) in [5, 5.41) is 11.2. The molecule has 0 amide bonds. The fourth-order valence-electron chi connectivity index (χ4n) is 5.27. The minimum Gasteiger partial charge on any atom is -0.493 e. The fourth-order valence-corrected chi connectivity index (χ4v) is 6.29. The van der Waals surface area contributed by atoms with E-state index in [0.29, 0.717) is 30.0 Å². The molecule has 1 aromatic heterocycles. The topological polar surface area (TPSA) is 138 Å². The Labute approximate surface area is 273 Å². The summed E-state index contributed by atoms with van der Waals surface area (Å²) in [4.78, 5) is 18.2. The predicted octanol–water partition coefficient (Wildman–Crippen LogP) is 5.55. The average molecular weight is 682 g/mol. The zero-order valence-corrected chi connectivity index (χ0v) is 27.4. The Morgan fingerprint density at radius 3 is 2.11 bits per heavy atom. The summed E-state index contributed by atoms with van der Waals surface area (Å²) >= 11 is 0. The molecule has 258 valence electrons. The van der Waals surface area contributed by atoms with E-state index >= 15 is 0 Å². The van der Waals surface area contributed by atoms with Gasteiger partial charge in [-0.1, -0.05) is 49.7 Å². The first-order valence-corrected chi connectivity index (χ1v) is 17.2. The Hall–Kier alpha value is -3.69. The van der Waals surface area contributed by atoms with Crippen LogP contribution in [-0.4, -0.2) is 86.6 Å². The van der Waals surface area contributed by atoms with E-state index in [1.165, 1.54) is 19.3 Å². The molecule has 0 saturated carbocycles. The number of hydrogen-bond acceptors (Lipinski definition) is 9. The number of ether oxygens (including phenoxy) is 1. The third-order valence-corrected chi connectivity index (χ3v) is 9.56. The lowest BCUT2D eigenvalue weighted by atomic mass is 9.98. The Kier molecular flexibility index (Phi) is 12.6. The van der Waals surface area contributed by atoms with Gasteiger partial charge < -0.3 is 24.2 Å². The number of hydrogen-bond donors (Lipinski definition) is 2. The van der Waals surface area contributed by atoms with Crippen molar-refractivity contribution in [3.63, 3.8) is 0 Å². The number of nitrogens with zero attached hydrogens (tertiary/aromatic N) is 4. The number of anilines is 1. The van der Waals surface area contributed by atoms with Crippen molar-refractivity contribution < 1.29 is 40.8 Å². The molecule has 0 unspecified atom stereocenters. The van der Waals surface area contributed by atoms with E-state index in [9.17, 15) is 21.6 Å². The van der Waals surface area contributed by atoms with Gasteiger partial charge in [0.05, 0.1) is 11.5 Å². The van der Waals surface area contributed by atoms with Gasteiger partial charge >= 0.3 is 18.2 Å². The van der Waals surface area contributed by atoms with Crippen LogP contribution in [0.4, 0.5) is 19.2 Å². The van der Waals surface area contributed by atoms with Crippen molar-refractivity contribution in [3.05, 3.63) is 54.4 Å². The summed E-state index contributed by atoms with van der Waals surface area (Å²) in [6.07, 6.45) is 0.611. The second kappa shape index (κ2) is 16.4. The summed E-state index contributed by atoms with van der Waals surface area (Å²) < 4.78 is 71.5. The van der Waals surface area contributed by atoms with Crippen LogP contribution in [0.1, 0.15) is 57.7 Å². The van der Waals surface area contributed by atoms with Crippen molar-refractivity contribution in [1.82, 2.24) is 19.8 Å². The molecule has 47 heavy (non-hydrogen) atoms. The number of benzene rings is 2. The van der Waals surface area contributed by atoms with Gasteiger partial charge in [-0.05, 0) is 80.1 Å². The normalized spacial score (nSPS) is 16.5. The Morgan fingerprint density at radius 1 is 1.00 bits per heavy atom. The highest BCUT2D eigenvalue weighted by molar-refractivity contribution is 7.89. The van der Waals surface area contributed by atoms with Crippen molar-refractivity contribution >= 4 is 22.0 Å². The van der Waals surface area contributed by atoms with Crippen LogP contribution < -0.4 is 14.4 Å². The zero-order valence-electron chi connectivity index (χ0n) is 26.6. The highest BCUT2D eigenvalue weighted by Crippen LogP contribution is 2.27. The molecule has 3 aromatic rings. The second-order valence-corrected chi connectivity index (χ2v) is 13.7. The maximum Gasteiger partial charge on any atom is 0.490 e. The molecule has 3 heterocycles. The van der Waals surface area contributed by atoms with E-state index in [4.69, 9.17) is 19.2 Å². The van der Waals surface area contributed by atoms with E-state index in [2.05, 4.69) is 38.5 Å². The largest absolute Gasteiger partial charge is 0.493 e. The molecule has 2 fully saturated rings. The Morgan fingerprint density at radius 2 is 1.57 bits per heavy atom. The van der Waals surface area contributed by atoms with Crippen molar-refractivity contribution in [1.29, 1.82) is 0 Å². The molecule has 11 nitrogen and oxygen atoms in total. The summed E-state index contributed by atoms with van der Waals surface area (Å²) in [6.45, 7) is 9.86. The lowest BCUT2D eigenvalue weighted by molar-refractivity contribution is -0.192. The lowest BCUT2D eigenvalue weighted by Crippen LogP contribution is -2.37. The number of alkyl halides is 3. The second-order valence-electron chi connectivity index (χ2n) is 12.0. The molecule has 0 radical (unpaired) electrons. The molecular weight excluding hydrogens is 639 g/mol. The first-order valence-electron chi connectivity index (χ1n) is 15.8. The Balaban J connectivity index is 0.000000644. The fraction of sp³-hybridized carbons (Fsp3) is 0.531. The molecule has 15 heteroatoms. The van der Waals surface area contributed by atoms with Gasteiger partial charge in [0.15, 0.2) is 5.82 Å². The monoisotopic (exact) mass is 681 g/mol. The van der Waals surface area contributed by atoms with E-state index < -0.39 is 22.2 Å². The third kappa shape index (κ3) is 10.9. The number of carbonyl (C=O) groups is 1. The zero-order chi connectivity index (χ0) is 34.0. The summed E-state index contributed by atoms with van der Waals surface area (Å²) in [5.74, 6) is -0.437. The molecule has 0 bridgehead atoms. The van der Waals surface area contributed by atoms with Crippen LogP contribution in [0.15, 0.2) is 57.9 Å². The van der Waals surface area contributed by atoms with Crippen LogP contribution in [0, 0.1) is 5.92 Å². The molecule has 0 aliphatic carbocycles. The molecular formula is C32H42F3N5O6S. The molecule has 2 saturated heterocycles. The number of aliphatic carboxylic acids is 1. The average Bonchev–Trinajstić information content (AvgIpc) is 3.56. The smallest absolute Gasteiger partial charge is 0.490 e. The molecule has 0 spiro atoms. The van der Waals surface area contributed by atoms with Gasteiger partial charge in [0.1, 0.15) is 5.75 Å². The number of likely N-dealkylation sites (tertiary alicyclic amines) is 1. The number of carboxylic acids is 1. The van der Waals surface area contributed by atoms with Crippen LogP contribution >= 0.6 is 0 Å². The summed E-state index contributed by atoms with van der Waals surface area (Å²) in [7, 11) is -3.52. The van der Waals surface area contributed by atoms with Crippen molar-refractivity contribution in [2.75, 3.05) is 50.8 Å². The van der Waals surface area contributed by atoms with Gasteiger partial charge in [0.25, 0.3) is 0 Å². The number of nitrogens with one attached hydrogen (secondary N) is 1. The van der Waals surface area contributed by atoms with Gasteiger partial charge in [-0.2, -0.15) is 18.2 Å². The highest BCUT2D eigenvalue weighted by Gasteiger charge is 2.38. The van der Waals surface area contributed by atoms with Gasteiger partial charge in [0, 0.05) is 32.1 Å². The number of sulfonamides is 1. The quantitative estimate of drug-likeness (QED) is 0.265. The van der Waals surface area contributed by atoms with Crippen LogP contribution in [0.25, 0.3) is 11.1 Å². The molecule has 2 aromatic carbocycles. The maximum absolute atomic E-state index is 12.7. The van der Waals surface area contributed by atoms with Crippen molar-refractivity contribution in [3.8, 4) is 16.9 Å². The molecule has 2 aliphatic rings. The maximum atomic E-state index is 12.7. The summed E-state index contributed by atoms with van der Waals surface area (Å²) in [5.41, 5.74) is 1.98. The number of piperidine rings is 2. The minimum absolute atomic E-state index is 0.256. The van der Waals surface area contributed by atoms with Crippen LogP contribution in [0.2, 0.25) is 0 Å². The standard InChI is InChI=1S/C30H41N5O4S.C2HF3O2/c1-23(2)29-32-30(39-33-29)35-19-14-24(15-20-35)22-38-27-10-6-25(7-11-27)26-8-12-28(13-9-26)40(36,37)31-16-21-34-17-4-3-5-18-34;3-2(4,5)1(6)7/h6-13,23-24,31H,3-5,14-22H2,1-2H3;(H,6,7). The first kappa shape index (κ1) is 36.2. The van der Waals surface area contributed by atoms with E-state index in [1.54, 1.807) is 12.1 Å². The number of rotatable bonds is 11. The number of halogens is 3. The van der Waals surface area contributed by atoms with Crippen LogP contribution in [0.5, 0.6) is 5.75 Å². The Bertz CT molecular complexity index is 1520. The van der Waals surface area contributed by atoms with E-state index in [1.807, 2.05) is 36.4 Å². The first-order chi connectivity index (χ1) is 22.3. The van der Waals surface area contributed by atoms with E-state index in [0.717, 1.165) is 68.3 Å². The summed E-state index contributed by atoms with van der Waals surface area (Å²) in [6, 6.07) is 15.7. The highest BCUT2D eigenvalue weighted by atomic mass is 32.2. The van der Waals surface area contributed by atoms with Crippen LogP contribution in [-0.2, 0) is 14.8 Å². The molecule has 2 N–H and O–H groups in total. The lowest BCUT2D eigenvalue weighted by Gasteiger charge is -2.30. The van der Waals surface area contributed by atoms with Gasteiger partial charge in [-0.3, -0.25) is 0 Å². The number of aromatic nitrogens is 2. The van der Waals surface area contributed by atoms with Gasteiger partial charge in [-0.15, -0.1) is 0 Å². The third-order valence-electron chi connectivity index (χ3n) is 8.08. The van der Waals surface area contributed by atoms with Gasteiger partial charge in [0.2, 0.25) is 10.0 Å². The molecule has 0 atom stereocenters. The van der Waals surface area contributed by atoms with Crippen molar-refractivity contribution in [2.24, 2.45) is 5.92 Å². The minimum atomic E-state index is -5.08. The molecule has 5 rings (SSSR count). The van der Waals surface area contributed by atoms with Gasteiger partial charge in [-0.25, -0.2) is 17.9 Å².